The Balaban J connectivity index is 1.80. The number of hydrogen-bond donors (Lipinski definition) is 2. The van der Waals surface area contributed by atoms with Crippen LogP contribution in [0, 0.1) is 11.8 Å². The van der Waals surface area contributed by atoms with E-state index in [4.69, 9.17) is 5.73 Å². The maximum Gasteiger partial charge on any atom is 0.0219 e. The van der Waals surface area contributed by atoms with Crippen molar-refractivity contribution in [2.75, 3.05) is 6.54 Å². The SMILES string of the molecule is CCCC1NCC(C2CC2)CC1N. The van der Waals surface area contributed by atoms with Gasteiger partial charge in [0.15, 0.2) is 0 Å². The van der Waals surface area contributed by atoms with Gasteiger partial charge in [-0.15, -0.1) is 0 Å². The van der Waals surface area contributed by atoms with Crippen molar-refractivity contribution in [1.82, 2.24) is 5.32 Å². The minimum Gasteiger partial charge on any atom is -0.326 e. The highest BCUT2D eigenvalue weighted by Gasteiger charge is 2.36. The van der Waals surface area contributed by atoms with Gasteiger partial charge < -0.3 is 11.1 Å². The lowest BCUT2D eigenvalue weighted by Crippen LogP contribution is -2.52. The van der Waals surface area contributed by atoms with Crippen LogP contribution in [-0.4, -0.2) is 18.6 Å². The summed E-state index contributed by atoms with van der Waals surface area (Å²) in [5.41, 5.74) is 6.16. The lowest BCUT2D eigenvalue weighted by molar-refractivity contribution is 0.243. The molecule has 2 nitrogen and oxygen atoms in total. The van der Waals surface area contributed by atoms with E-state index in [2.05, 4.69) is 12.2 Å². The first-order valence-corrected chi connectivity index (χ1v) is 5.80. The van der Waals surface area contributed by atoms with E-state index < -0.39 is 0 Å². The standard InChI is InChI=1S/C11H22N2/c1-2-3-11-10(12)6-9(7-13-11)8-4-5-8/h8-11,13H,2-7,12H2,1H3. The molecule has 13 heavy (non-hydrogen) atoms. The molecular formula is C11H22N2. The Morgan fingerprint density at radius 2 is 2.08 bits per heavy atom. The summed E-state index contributed by atoms with van der Waals surface area (Å²) >= 11 is 0. The van der Waals surface area contributed by atoms with Crippen LogP contribution in [0.15, 0.2) is 0 Å². The molecule has 76 valence electrons. The van der Waals surface area contributed by atoms with E-state index in [0.29, 0.717) is 12.1 Å². The molecule has 0 spiro atoms. The second kappa shape index (κ2) is 3.97. The van der Waals surface area contributed by atoms with Crippen molar-refractivity contribution in [1.29, 1.82) is 0 Å². The van der Waals surface area contributed by atoms with Crippen LogP contribution in [0.3, 0.4) is 0 Å². The fraction of sp³-hybridized carbons (Fsp3) is 1.00. The van der Waals surface area contributed by atoms with Crippen molar-refractivity contribution in [3.8, 4) is 0 Å². The number of rotatable bonds is 3. The molecule has 3 atom stereocenters. The predicted octanol–water partition coefficient (Wildman–Crippen LogP) is 1.50. The molecule has 1 aliphatic carbocycles. The summed E-state index contributed by atoms with van der Waals surface area (Å²) in [7, 11) is 0. The molecule has 3 N–H and O–H groups in total. The average molecular weight is 182 g/mol. The molecule has 0 bridgehead atoms. The average Bonchev–Trinajstić information content (AvgIpc) is 2.91. The maximum atomic E-state index is 6.16. The molecule has 0 radical (unpaired) electrons. The maximum absolute atomic E-state index is 6.16. The first-order chi connectivity index (χ1) is 6.31. The van der Waals surface area contributed by atoms with E-state index in [0.717, 1.165) is 11.8 Å². The largest absolute Gasteiger partial charge is 0.326 e. The molecule has 2 fully saturated rings. The monoisotopic (exact) mass is 182 g/mol. The topological polar surface area (TPSA) is 38.0 Å². The lowest BCUT2D eigenvalue weighted by Gasteiger charge is -2.35. The van der Waals surface area contributed by atoms with Gasteiger partial charge in [0.25, 0.3) is 0 Å². The van der Waals surface area contributed by atoms with Gasteiger partial charge >= 0.3 is 0 Å². The first kappa shape index (κ1) is 9.47. The van der Waals surface area contributed by atoms with Crippen LogP contribution in [0.5, 0.6) is 0 Å². The molecule has 0 aromatic carbocycles. The third-order valence-corrected chi connectivity index (χ3v) is 3.62. The summed E-state index contributed by atoms with van der Waals surface area (Å²) in [4.78, 5) is 0. The molecule has 2 heteroatoms. The van der Waals surface area contributed by atoms with E-state index >= 15 is 0 Å². The molecule has 2 rings (SSSR count). The Morgan fingerprint density at radius 1 is 1.31 bits per heavy atom. The molecule has 0 aromatic rings. The number of piperidine rings is 1. The van der Waals surface area contributed by atoms with Gasteiger partial charge in [-0.2, -0.15) is 0 Å². The summed E-state index contributed by atoms with van der Waals surface area (Å²) in [5, 5.41) is 3.62. The third kappa shape index (κ3) is 2.23. The van der Waals surface area contributed by atoms with Crippen molar-refractivity contribution in [3.05, 3.63) is 0 Å². The molecule has 3 unspecified atom stereocenters. The molecule has 0 amide bonds. The fourth-order valence-corrected chi connectivity index (χ4v) is 2.61. The highest BCUT2D eigenvalue weighted by Crippen LogP contribution is 2.40. The van der Waals surface area contributed by atoms with Gasteiger partial charge in [-0.25, -0.2) is 0 Å². The zero-order valence-corrected chi connectivity index (χ0v) is 8.63. The van der Waals surface area contributed by atoms with Gasteiger partial charge in [0.2, 0.25) is 0 Å². The van der Waals surface area contributed by atoms with Crippen LogP contribution < -0.4 is 11.1 Å². The minimum atomic E-state index is 0.416. The molecule has 1 aliphatic heterocycles. The molecule has 0 aromatic heterocycles. The van der Waals surface area contributed by atoms with E-state index in [-0.39, 0.29) is 0 Å². The zero-order valence-electron chi connectivity index (χ0n) is 8.63. The highest BCUT2D eigenvalue weighted by atomic mass is 15.0. The van der Waals surface area contributed by atoms with E-state index in [9.17, 15) is 0 Å². The zero-order chi connectivity index (χ0) is 9.26. The first-order valence-electron chi connectivity index (χ1n) is 5.80. The van der Waals surface area contributed by atoms with Crippen LogP contribution in [0.4, 0.5) is 0 Å². The number of nitrogens with two attached hydrogens (primary N) is 1. The third-order valence-electron chi connectivity index (χ3n) is 3.62. The smallest absolute Gasteiger partial charge is 0.0219 e. The Kier molecular flexibility index (Phi) is 2.89. The van der Waals surface area contributed by atoms with Crippen LogP contribution in [-0.2, 0) is 0 Å². The summed E-state index contributed by atoms with van der Waals surface area (Å²) in [5.74, 6) is 1.91. The van der Waals surface area contributed by atoms with Crippen LogP contribution >= 0.6 is 0 Å². The summed E-state index contributed by atoms with van der Waals surface area (Å²) in [6, 6.07) is 1.01. The summed E-state index contributed by atoms with van der Waals surface area (Å²) in [6.45, 7) is 3.46. The van der Waals surface area contributed by atoms with Gasteiger partial charge in [-0.1, -0.05) is 13.3 Å². The van der Waals surface area contributed by atoms with Gasteiger partial charge in [0, 0.05) is 12.1 Å². The minimum absolute atomic E-state index is 0.416. The van der Waals surface area contributed by atoms with Crippen LogP contribution in [0.2, 0.25) is 0 Å². The Morgan fingerprint density at radius 3 is 2.62 bits per heavy atom. The molecule has 2 aliphatic rings. The summed E-state index contributed by atoms with van der Waals surface area (Å²) in [6.07, 6.45) is 6.68. The van der Waals surface area contributed by atoms with Crippen LogP contribution in [0.25, 0.3) is 0 Å². The van der Waals surface area contributed by atoms with Gasteiger partial charge in [-0.3, -0.25) is 0 Å². The highest BCUT2D eigenvalue weighted by molar-refractivity contribution is 4.93. The van der Waals surface area contributed by atoms with Crippen molar-refractivity contribution in [3.63, 3.8) is 0 Å². The van der Waals surface area contributed by atoms with Gasteiger partial charge in [0.05, 0.1) is 0 Å². The van der Waals surface area contributed by atoms with Crippen molar-refractivity contribution in [2.45, 2.75) is 51.1 Å². The normalized spacial score (nSPS) is 40.6. The molecule has 1 heterocycles. The van der Waals surface area contributed by atoms with E-state index in [1.54, 1.807) is 0 Å². The fourth-order valence-electron chi connectivity index (χ4n) is 2.61. The van der Waals surface area contributed by atoms with Crippen molar-refractivity contribution in [2.24, 2.45) is 17.6 Å². The molecular weight excluding hydrogens is 160 g/mol. The van der Waals surface area contributed by atoms with Crippen LogP contribution in [0.1, 0.15) is 39.0 Å². The quantitative estimate of drug-likeness (QED) is 0.694. The number of hydrogen-bond acceptors (Lipinski definition) is 2. The Labute approximate surface area is 81.3 Å². The number of nitrogens with one attached hydrogen (secondary N) is 1. The van der Waals surface area contributed by atoms with Crippen molar-refractivity contribution < 1.29 is 0 Å². The Bertz CT molecular complexity index is 165. The molecule has 1 saturated heterocycles. The Hall–Kier alpha value is -0.0800. The van der Waals surface area contributed by atoms with E-state index in [1.165, 1.54) is 38.6 Å². The second-order valence-corrected chi connectivity index (χ2v) is 4.80. The van der Waals surface area contributed by atoms with E-state index in [1.807, 2.05) is 0 Å². The second-order valence-electron chi connectivity index (χ2n) is 4.80. The summed E-state index contributed by atoms with van der Waals surface area (Å²) < 4.78 is 0. The predicted molar refractivity (Wildman–Crippen MR) is 55.5 cm³/mol. The van der Waals surface area contributed by atoms with Gasteiger partial charge in [0.1, 0.15) is 0 Å². The van der Waals surface area contributed by atoms with Crippen molar-refractivity contribution >= 4 is 0 Å². The van der Waals surface area contributed by atoms with Gasteiger partial charge in [-0.05, 0) is 44.1 Å². The molecule has 1 saturated carbocycles. The lowest BCUT2D eigenvalue weighted by atomic mass is 9.86.